The van der Waals surface area contributed by atoms with Crippen LogP contribution in [0.25, 0.3) is 11.0 Å². The van der Waals surface area contributed by atoms with E-state index in [1.165, 1.54) is 16.0 Å². The number of likely N-dealkylation sites (tertiary alicyclic amines) is 1. The van der Waals surface area contributed by atoms with Crippen molar-refractivity contribution in [1.82, 2.24) is 29.3 Å². The molecule has 1 aliphatic rings. The van der Waals surface area contributed by atoms with Gasteiger partial charge in [0.1, 0.15) is 16.9 Å². The highest BCUT2D eigenvalue weighted by atomic mass is 35.5. The second kappa shape index (κ2) is 9.82. The van der Waals surface area contributed by atoms with Crippen LogP contribution in [-0.4, -0.2) is 54.2 Å². The van der Waals surface area contributed by atoms with E-state index in [9.17, 15) is 14.4 Å². The van der Waals surface area contributed by atoms with Gasteiger partial charge in [0, 0.05) is 42.7 Å². The summed E-state index contributed by atoms with van der Waals surface area (Å²) in [4.78, 5) is 49.1. The molecule has 0 saturated carbocycles. The lowest BCUT2D eigenvalue weighted by Crippen LogP contribution is -2.38. The smallest absolute Gasteiger partial charge is 0.289 e. The third-order valence-corrected chi connectivity index (χ3v) is 7.67. The number of rotatable bonds is 5. The Kier molecular flexibility index (Phi) is 6.59. The average Bonchev–Trinajstić information content (AvgIpc) is 3.50. The normalized spacial score (nSPS) is 14.4. The van der Waals surface area contributed by atoms with E-state index in [-0.39, 0.29) is 23.9 Å². The van der Waals surface area contributed by atoms with Crippen molar-refractivity contribution < 1.29 is 9.59 Å². The SMILES string of the molecule is Cc1nc2nn(C)cc2c(=O)n1NC(=O)c1csc(C2CCN(C(=O)Cc3ccccc3Cl)CC2)n1. The fourth-order valence-corrected chi connectivity index (χ4v) is 5.52. The van der Waals surface area contributed by atoms with Crippen molar-refractivity contribution in [3.63, 3.8) is 0 Å². The molecule has 186 valence electrons. The zero-order valence-electron chi connectivity index (χ0n) is 19.8. The summed E-state index contributed by atoms with van der Waals surface area (Å²) in [6, 6.07) is 7.38. The van der Waals surface area contributed by atoms with Crippen molar-refractivity contribution in [1.29, 1.82) is 0 Å². The highest BCUT2D eigenvalue weighted by Gasteiger charge is 2.27. The van der Waals surface area contributed by atoms with Gasteiger partial charge in [0.05, 0.1) is 11.4 Å². The second-order valence-electron chi connectivity index (χ2n) is 8.77. The number of piperidine rings is 1. The molecular formula is C24H24ClN7O3S. The van der Waals surface area contributed by atoms with Gasteiger partial charge in [-0.25, -0.2) is 14.6 Å². The monoisotopic (exact) mass is 525 g/mol. The van der Waals surface area contributed by atoms with Crippen LogP contribution in [0.4, 0.5) is 0 Å². The molecule has 4 heterocycles. The van der Waals surface area contributed by atoms with E-state index in [4.69, 9.17) is 11.6 Å². The quantitative estimate of drug-likeness (QED) is 0.428. The maximum Gasteiger partial charge on any atom is 0.289 e. The standard InChI is InChI=1S/C24H24ClN7O3S/c1-14-26-21-17(12-30(2)28-21)24(35)32(14)29-22(34)19-13-36-23(27-19)15-7-9-31(10-8-15)20(33)11-16-5-3-4-6-18(16)25/h3-6,12-13,15H,7-11H2,1-2H3,(H,29,34). The summed E-state index contributed by atoms with van der Waals surface area (Å²) in [5.41, 5.74) is 3.61. The Labute approximate surface area is 215 Å². The number of fused-ring (bicyclic) bond motifs is 1. The van der Waals surface area contributed by atoms with Gasteiger partial charge in [0.15, 0.2) is 5.65 Å². The molecule has 3 aromatic heterocycles. The van der Waals surface area contributed by atoms with Gasteiger partial charge in [0.2, 0.25) is 5.91 Å². The van der Waals surface area contributed by atoms with E-state index in [1.54, 1.807) is 31.6 Å². The first-order chi connectivity index (χ1) is 17.3. The van der Waals surface area contributed by atoms with Gasteiger partial charge in [-0.2, -0.15) is 5.10 Å². The molecule has 1 aromatic carbocycles. The van der Waals surface area contributed by atoms with Crippen molar-refractivity contribution in [3.8, 4) is 0 Å². The molecule has 0 unspecified atom stereocenters. The van der Waals surface area contributed by atoms with Gasteiger partial charge in [-0.05, 0) is 31.4 Å². The van der Waals surface area contributed by atoms with Gasteiger partial charge < -0.3 is 4.90 Å². The minimum atomic E-state index is -0.486. The Hall–Kier alpha value is -3.57. The number of thiazole rings is 1. The number of aromatic nitrogens is 5. The third kappa shape index (κ3) is 4.76. The topological polar surface area (TPSA) is 115 Å². The molecule has 0 aliphatic carbocycles. The molecule has 2 amide bonds. The van der Waals surface area contributed by atoms with Crippen molar-refractivity contribution in [3.05, 3.63) is 73.3 Å². The fraction of sp³-hybridized carbons (Fsp3) is 0.333. The molecule has 0 radical (unpaired) electrons. The number of halogens is 1. The summed E-state index contributed by atoms with van der Waals surface area (Å²) in [6.07, 6.45) is 3.38. The number of amides is 2. The number of hydrogen-bond donors (Lipinski definition) is 1. The van der Waals surface area contributed by atoms with Gasteiger partial charge >= 0.3 is 0 Å². The predicted molar refractivity (Wildman–Crippen MR) is 137 cm³/mol. The number of benzene rings is 1. The van der Waals surface area contributed by atoms with E-state index < -0.39 is 11.5 Å². The van der Waals surface area contributed by atoms with Crippen LogP contribution in [0.3, 0.4) is 0 Å². The highest BCUT2D eigenvalue weighted by Crippen LogP contribution is 2.31. The van der Waals surface area contributed by atoms with Gasteiger partial charge in [-0.1, -0.05) is 29.8 Å². The second-order valence-corrected chi connectivity index (χ2v) is 10.1. The van der Waals surface area contributed by atoms with E-state index in [1.807, 2.05) is 23.1 Å². The number of nitrogens with zero attached hydrogens (tertiary/aromatic N) is 6. The molecule has 0 spiro atoms. The lowest BCUT2D eigenvalue weighted by molar-refractivity contribution is -0.131. The zero-order chi connectivity index (χ0) is 25.4. The van der Waals surface area contributed by atoms with Crippen LogP contribution in [0.2, 0.25) is 5.02 Å². The van der Waals surface area contributed by atoms with Crippen molar-refractivity contribution in [2.45, 2.75) is 32.1 Å². The molecule has 36 heavy (non-hydrogen) atoms. The zero-order valence-corrected chi connectivity index (χ0v) is 21.3. The Balaban J connectivity index is 1.22. The minimum absolute atomic E-state index is 0.0563. The maximum atomic E-state index is 12.9. The molecule has 10 nitrogen and oxygen atoms in total. The van der Waals surface area contributed by atoms with Crippen LogP contribution in [0.1, 0.15) is 45.6 Å². The summed E-state index contributed by atoms with van der Waals surface area (Å²) in [5.74, 6) is 0.0588. The lowest BCUT2D eigenvalue weighted by Gasteiger charge is -2.31. The largest absolute Gasteiger partial charge is 0.342 e. The fourth-order valence-electron chi connectivity index (χ4n) is 4.34. The molecule has 12 heteroatoms. The lowest BCUT2D eigenvalue weighted by atomic mass is 9.97. The number of hydrogen-bond acceptors (Lipinski definition) is 7. The minimum Gasteiger partial charge on any atom is -0.342 e. The highest BCUT2D eigenvalue weighted by molar-refractivity contribution is 7.09. The van der Waals surface area contributed by atoms with Gasteiger partial charge in [-0.15, -0.1) is 11.3 Å². The molecular weight excluding hydrogens is 502 g/mol. The van der Waals surface area contributed by atoms with Crippen molar-refractivity contribution >= 4 is 45.8 Å². The van der Waals surface area contributed by atoms with Gasteiger partial charge in [-0.3, -0.25) is 24.5 Å². The van der Waals surface area contributed by atoms with E-state index in [2.05, 4.69) is 20.5 Å². The van der Waals surface area contributed by atoms with Crippen molar-refractivity contribution in [2.24, 2.45) is 7.05 Å². The van der Waals surface area contributed by atoms with Crippen molar-refractivity contribution in [2.75, 3.05) is 18.5 Å². The van der Waals surface area contributed by atoms with E-state index in [0.717, 1.165) is 28.1 Å². The first-order valence-corrected chi connectivity index (χ1v) is 12.8. The van der Waals surface area contributed by atoms with Gasteiger partial charge in [0.25, 0.3) is 11.5 Å². The average molecular weight is 526 g/mol. The number of aryl methyl sites for hydroxylation is 2. The molecule has 0 bridgehead atoms. The Morgan fingerprint density at radius 1 is 1.19 bits per heavy atom. The van der Waals surface area contributed by atoms with Crippen LogP contribution in [0.5, 0.6) is 0 Å². The number of nitrogens with one attached hydrogen (secondary N) is 1. The Bertz CT molecular complexity index is 1520. The maximum absolute atomic E-state index is 12.9. The predicted octanol–water partition coefficient (Wildman–Crippen LogP) is 2.88. The molecule has 1 N–H and O–H groups in total. The van der Waals surface area contributed by atoms with Crippen LogP contribution >= 0.6 is 22.9 Å². The van der Waals surface area contributed by atoms with Crippen LogP contribution in [0.15, 0.2) is 40.6 Å². The molecule has 1 aliphatic heterocycles. The van der Waals surface area contributed by atoms with Crippen LogP contribution < -0.4 is 11.0 Å². The third-order valence-electron chi connectivity index (χ3n) is 6.30. The molecule has 1 saturated heterocycles. The number of carbonyl (C=O) groups excluding carboxylic acids is 2. The summed E-state index contributed by atoms with van der Waals surface area (Å²) >= 11 is 7.61. The van der Waals surface area contributed by atoms with E-state index in [0.29, 0.717) is 35.0 Å². The van der Waals surface area contributed by atoms with E-state index >= 15 is 0 Å². The molecule has 1 fully saturated rings. The Morgan fingerprint density at radius 3 is 2.69 bits per heavy atom. The van der Waals surface area contributed by atoms with Crippen LogP contribution in [0, 0.1) is 6.92 Å². The first kappa shape index (κ1) is 24.1. The summed E-state index contributed by atoms with van der Waals surface area (Å²) < 4.78 is 2.63. The molecule has 0 atom stereocenters. The molecule has 4 aromatic rings. The summed E-state index contributed by atoms with van der Waals surface area (Å²) in [5, 5.41) is 7.61. The Morgan fingerprint density at radius 2 is 1.94 bits per heavy atom. The summed E-state index contributed by atoms with van der Waals surface area (Å²) in [6.45, 7) is 2.88. The van der Waals surface area contributed by atoms with Crippen LogP contribution in [-0.2, 0) is 18.3 Å². The number of carbonyl (C=O) groups is 2. The summed E-state index contributed by atoms with van der Waals surface area (Å²) in [7, 11) is 1.70. The first-order valence-electron chi connectivity index (χ1n) is 11.5. The molecule has 5 rings (SSSR count).